The van der Waals surface area contributed by atoms with E-state index in [0.29, 0.717) is 12.4 Å². The Morgan fingerprint density at radius 1 is 1.44 bits per heavy atom. The van der Waals surface area contributed by atoms with Crippen molar-refractivity contribution < 1.29 is 14.2 Å². The number of ether oxygens (including phenoxy) is 1. The van der Waals surface area contributed by atoms with Crippen molar-refractivity contribution in [3.8, 4) is 0 Å². The number of alkyl halides is 1. The Hall–Kier alpha value is -1.46. The molecule has 3 N–H and O–H groups in total. The van der Waals surface area contributed by atoms with Crippen molar-refractivity contribution in [2.75, 3.05) is 19.8 Å². The second-order valence-electron chi connectivity index (χ2n) is 3.98. The third kappa shape index (κ3) is 5.25. The lowest BCUT2D eigenvalue weighted by Crippen LogP contribution is -2.09. The van der Waals surface area contributed by atoms with Crippen molar-refractivity contribution in [1.29, 1.82) is 0 Å². The first-order valence-corrected chi connectivity index (χ1v) is 5.80. The Morgan fingerprint density at radius 3 is 2.67 bits per heavy atom. The summed E-state index contributed by atoms with van der Waals surface area (Å²) < 4.78 is 16.9. The summed E-state index contributed by atoms with van der Waals surface area (Å²) in [5, 5.41) is 9.83. The van der Waals surface area contributed by atoms with Crippen molar-refractivity contribution in [3.63, 3.8) is 0 Å². The van der Waals surface area contributed by atoms with E-state index in [1.807, 2.05) is 12.1 Å². The fourth-order valence-electron chi connectivity index (χ4n) is 1.42. The molecule has 0 aliphatic rings. The van der Waals surface area contributed by atoms with Crippen LogP contribution in [0.5, 0.6) is 0 Å². The maximum absolute atomic E-state index is 11.8. The minimum absolute atomic E-state index is 0.106. The van der Waals surface area contributed by atoms with E-state index in [0.717, 1.165) is 11.1 Å². The summed E-state index contributed by atoms with van der Waals surface area (Å²) in [6, 6.07) is 7.30. The Bertz CT molecular complexity index is 375. The van der Waals surface area contributed by atoms with Crippen LogP contribution >= 0.6 is 0 Å². The molecule has 0 heterocycles. The lowest BCUT2D eigenvalue weighted by Gasteiger charge is -2.09. The molecule has 0 spiro atoms. The number of aliphatic imine (C=N–C) groups is 1. The number of nitrogens with zero attached hydrogens (tertiary/aromatic N) is 1. The molecule has 1 aromatic carbocycles. The second-order valence-corrected chi connectivity index (χ2v) is 3.98. The molecule has 0 aliphatic carbocycles. The maximum Gasteiger partial charge on any atom is 0.113 e. The van der Waals surface area contributed by atoms with E-state index in [1.54, 1.807) is 19.1 Å². The third-order valence-electron chi connectivity index (χ3n) is 2.37. The van der Waals surface area contributed by atoms with Crippen molar-refractivity contribution in [2.24, 2.45) is 10.7 Å². The number of nitrogens with two attached hydrogens (primary N) is 1. The molecule has 1 aromatic rings. The van der Waals surface area contributed by atoms with E-state index in [1.165, 1.54) is 0 Å². The third-order valence-corrected chi connectivity index (χ3v) is 2.37. The molecule has 1 atom stereocenters. The predicted octanol–water partition coefficient (Wildman–Crippen LogP) is 1.58. The topological polar surface area (TPSA) is 67.8 Å². The van der Waals surface area contributed by atoms with Gasteiger partial charge in [-0.3, -0.25) is 4.99 Å². The fraction of sp³-hybridized carbons (Fsp3) is 0.462. The van der Waals surface area contributed by atoms with Crippen LogP contribution in [-0.4, -0.2) is 30.8 Å². The second kappa shape index (κ2) is 7.79. The van der Waals surface area contributed by atoms with Gasteiger partial charge in [0.1, 0.15) is 6.67 Å². The van der Waals surface area contributed by atoms with E-state index < -0.39 is 12.8 Å². The molecule has 5 heteroatoms. The summed E-state index contributed by atoms with van der Waals surface area (Å²) in [5.41, 5.74) is 7.12. The Balaban J connectivity index is 2.51. The van der Waals surface area contributed by atoms with Gasteiger partial charge in [-0.2, -0.15) is 0 Å². The molecular formula is C13H19FN2O2. The van der Waals surface area contributed by atoms with Crippen LogP contribution in [-0.2, 0) is 11.3 Å². The molecule has 100 valence electrons. The average Bonchev–Trinajstić information content (AvgIpc) is 2.37. The van der Waals surface area contributed by atoms with Crippen LogP contribution in [0.3, 0.4) is 0 Å². The number of aliphatic hydroxyl groups excluding tert-OH is 1. The van der Waals surface area contributed by atoms with Crippen molar-refractivity contribution in [2.45, 2.75) is 19.6 Å². The van der Waals surface area contributed by atoms with Gasteiger partial charge in [-0.1, -0.05) is 24.3 Å². The molecule has 0 aromatic heterocycles. The van der Waals surface area contributed by atoms with Crippen molar-refractivity contribution in [3.05, 3.63) is 35.4 Å². The van der Waals surface area contributed by atoms with E-state index in [4.69, 9.17) is 10.5 Å². The number of amidine groups is 1. The summed E-state index contributed by atoms with van der Waals surface area (Å²) in [6.07, 6.45) is -0.663. The zero-order chi connectivity index (χ0) is 13.4. The van der Waals surface area contributed by atoms with Crippen molar-refractivity contribution >= 4 is 5.84 Å². The normalized spacial score (nSPS) is 13.6. The van der Waals surface area contributed by atoms with Crippen LogP contribution in [0.25, 0.3) is 0 Å². The molecule has 0 aliphatic heterocycles. The molecule has 18 heavy (non-hydrogen) atoms. The first kappa shape index (κ1) is 14.6. The highest BCUT2D eigenvalue weighted by molar-refractivity contribution is 5.77. The smallest absolute Gasteiger partial charge is 0.113 e. The molecule has 0 radical (unpaired) electrons. The van der Waals surface area contributed by atoms with E-state index in [9.17, 15) is 9.50 Å². The van der Waals surface area contributed by atoms with Gasteiger partial charge in [0.25, 0.3) is 0 Å². The van der Waals surface area contributed by atoms with Gasteiger partial charge in [-0.25, -0.2) is 4.39 Å². The van der Waals surface area contributed by atoms with Crippen LogP contribution in [0.4, 0.5) is 4.39 Å². The number of aliphatic hydroxyl groups is 1. The van der Waals surface area contributed by atoms with Gasteiger partial charge in [0, 0.05) is 0 Å². The van der Waals surface area contributed by atoms with Crippen LogP contribution in [0.2, 0.25) is 0 Å². The van der Waals surface area contributed by atoms with Gasteiger partial charge in [0.2, 0.25) is 0 Å². The van der Waals surface area contributed by atoms with Gasteiger partial charge in [-0.05, 0) is 18.1 Å². The van der Waals surface area contributed by atoms with Crippen LogP contribution in [0, 0.1) is 0 Å². The average molecular weight is 253 g/mol. The Labute approximate surface area is 106 Å². The summed E-state index contributed by atoms with van der Waals surface area (Å²) in [6.45, 7) is 1.93. The molecule has 0 saturated heterocycles. The minimum Gasteiger partial charge on any atom is -0.388 e. The molecule has 0 fully saturated rings. The highest BCUT2D eigenvalue weighted by Gasteiger charge is 2.06. The first-order chi connectivity index (χ1) is 8.63. The number of hydrogen-bond acceptors (Lipinski definition) is 3. The predicted molar refractivity (Wildman–Crippen MR) is 69.2 cm³/mol. The van der Waals surface area contributed by atoms with E-state index in [2.05, 4.69) is 4.99 Å². The number of rotatable bonds is 7. The van der Waals surface area contributed by atoms with Gasteiger partial charge >= 0.3 is 0 Å². The summed E-state index contributed by atoms with van der Waals surface area (Å²) in [7, 11) is 0. The number of halogens is 1. The van der Waals surface area contributed by atoms with Gasteiger partial charge in [0.05, 0.1) is 31.7 Å². The summed E-state index contributed by atoms with van der Waals surface area (Å²) in [5.74, 6) is 0.449. The highest BCUT2D eigenvalue weighted by Crippen LogP contribution is 2.14. The quantitative estimate of drug-likeness (QED) is 0.440. The van der Waals surface area contributed by atoms with Crippen LogP contribution < -0.4 is 5.73 Å². The highest BCUT2D eigenvalue weighted by atomic mass is 18.2. The summed E-state index contributed by atoms with van der Waals surface area (Å²) >= 11 is 0. The van der Waals surface area contributed by atoms with Crippen LogP contribution in [0.15, 0.2) is 29.3 Å². The van der Waals surface area contributed by atoms with Gasteiger partial charge < -0.3 is 15.6 Å². The van der Waals surface area contributed by atoms with Crippen molar-refractivity contribution in [1.82, 2.24) is 0 Å². The SMILES string of the molecule is CC(N)=NCC(O)c1ccc(COCC[18F])cc1. The zero-order valence-electron chi connectivity index (χ0n) is 10.5. The Morgan fingerprint density at radius 2 is 2.11 bits per heavy atom. The molecule has 1 unspecified atom stereocenters. The minimum atomic E-state index is -0.663. The fourth-order valence-corrected chi connectivity index (χ4v) is 1.42. The van der Waals surface area contributed by atoms with Gasteiger partial charge in [-0.15, -0.1) is 0 Å². The monoisotopic (exact) mass is 253 g/mol. The molecule has 0 bridgehead atoms. The standard InChI is InChI=1S/C13H19FN2O2/c1-10(15)16-8-13(17)12-4-2-11(3-5-12)9-18-7-6-14/h2-5,13,17H,6-9H2,1H3,(H2,15,16)/i14-1. The number of benzene rings is 1. The Kier molecular flexibility index (Phi) is 6.32. The summed E-state index contributed by atoms with van der Waals surface area (Å²) in [4.78, 5) is 3.96. The largest absolute Gasteiger partial charge is 0.388 e. The van der Waals surface area contributed by atoms with E-state index >= 15 is 0 Å². The first-order valence-electron chi connectivity index (χ1n) is 5.80. The molecule has 4 nitrogen and oxygen atoms in total. The maximum atomic E-state index is 11.8. The lowest BCUT2D eigenvalue weighted by molar-refractivity contribution is 0.106. The lowest BCUT2D eigenvalue weighted by atomic mass is 10.1. The zero-order valence-corrected chi connectivity index (χ0v) is 10.5. The molecule has 0 amide bonds. The van der Waals surface area contributed by atoms with Crippen LogP contribution in [0.1, 0.15) is 24.2 Å². The molecule has 0 saturated carbocycles. The number of hydrogen-bond donors (Lipinski definition) is 2. The van der Waals surface area contributed by atoms with Gasteiger partial charge in [0.15, 0.2) is 0 Å². The molecular weight excluding hydrogens is 234 g/mol. The van der Waals surface area contributed by atoms with E-state index in [-0.39, 0.29) is 13.2 Å². The molecule has 1 rings (SSSR count).